The van der Waals surface area contributed by atoms with Gasteiger partial charge in [0.15, 0.2) is 0 Å². The molecule has 1 aromatic rings. The lowest BCUT2D eigenvalue weighted by atomic mass is 10.1. The second-order valence-electron chi connectivity index (χ2n) is 6.53. The van der Waals surface area contributed by atoms with Crippen molar-refractivity contribution in [1.82, 2.24) is 10.2 Å². The number of carbonyl (C=O) groups excluding carboxylic acids is 2. The topological polar surface area (TPSA) is 61.4 Å². The van der Waals surface area contributed by atoms with Gasteiger partial charge in [0.25, 0.3) is 5.91 Å². The van der Waals surface area contributed by atoms with Crippen LogP contribution >= 0.6 is 0 Å². The van der Waals surface area contributed by atoms with Crippen LogP contribution in [0.4, 0.5) is 5.69 Å². The second kappa shape index (κ2) is 5.76. The molecule has 5 nitrogen and oxygen atoms in total. The van der Waals surface area contributed by atoms with E-state index in [1.165, 1.54) is 0 Å². The largest absolute Gasteiger partial charge is 0.374 e. The molecule has 114 valence electrons. The molecule has 0 aromatic heterocycles. The Kier molecular flexibility index (Phi) is 4.21. The number of likely N-dealkylation sites (N-methyl/N-ethyl adjacent to an activating group) is 1. The predicted octanol–water partition coefficient (Wildman–Crippen LogP) is 1.86. The van der Waals surface area contributed by atoms with E-state index in [-0.39, 0.29) is 23.4 Å². The van der Waals surface area contributed by atoms with Crippen LogP contribution in [-0.2, 0) is 4.79 Å². The van der Waals surface area contributed by atoms with E-state index in [4.69, 9.17) is 0 Å². The van der Waals surface area contributed by atoms with Gasteiger partial charge in [-0.25, -0.2) is 0 Å². The Labute approximate surface area is 125 Å². The maximum absolute atomic E-state index is 12.0. The Morgan fingerprint density at radius 2 is 1.86 bits per heavy atom. The van der Waals surface area contributed by atoms with Crippen molar-refractivity contribution in [3.8, 4) is 0 Å². The van der Waals surface area contributed by atoms with Crippen LogP contribution in [0.3, 0.4) is 0 Å². The van der Waals surface area contributed by atoms with Gasteiger partial charge in [0, 0.05) is 30.4 Å². The summed E-state index contributed by atoms with van der Waals surface area (Å²) < 4.78 is 0. The molecule has 1 fully saturated rings. The zero-order valence-electron chi connectivity index (χ0n) is 13.1. The maximum atomic E-state index is 12.0. The van der Waals surface area contributed by atoms with Crippen LogP contribution in [0.15, 0.2) is 24.3 Å². The number of anilines is 1. The van der Waals surface area contributed by atoms with E-state index < -0.39 is 0 Å². The van der Waals surface area contributed by atoms with Crippen LogP contribution in [-0.4, -0.2) is 41.9 Å². The van der Waals surface area contributed by atoms with Crippen molar-refractivity contribution >= 4 is 17.5 Å². The molecule has 0 spiro atoms. The van der Waals surface area contributed by atoms with Crippen LogP contribution < -0.4 is 10.6 Å². The molecular weight excluding hydrogens is 266 g/mol. The molecule has 1 aliphatic heterocycles. The SMILES string of the molecule is CN1CC[C@H](Nc2ccc(C(=O)NC(C)(C)C)cc2)C1=O. The van der Waals surface area contributed by atoms with E-state index in [2.05, 4.69) is 10.6 Å². The quantitative estimate of drug-likeness (QED) is 0.893. The molecule has 1 atom stereocenters. The van der Waals surface area contributed by atoms with Crippen LogP contribution in [0, 0.1) is 0 Å². The van der Waals surface area contributed by atoms with Gasteiger partial charge < -0.3 is 15.5 Å². The normalized spacial score (nSPS) is 18.8. The molecule has 0 aliphatic carbocycles. The van der Waals surface area contributed by atoms with Crippen LogP contribution in [0.2, 0.25) is 0 Å². The summed E-state index contributed by atoms with van der Waals surface area (Å²) in [5, 5.41) is 6.13. The third-order valence-corrected chi connectivity index (χ3v) is 3.40. The summed E-state index contributed by atoms with van der Waals surface area (Å²) in [6, 6.07) is 7.05. The Bertz CT molecular complexity index is 531. The average Bonchev–Trinajstić information content (AvgIpc) is 2.69. The first-order chi connectivity index (χ1) is 9.76. The minimum atomic E-state index is -0.255. The average molecular weight is 289 g/mol. The van der Waals surface area contributed by atoms with E-state index in [1.54, 1.807) is 17.0 Å². The molecule has 0 radical (unpaired) electrons. The van der Waals surface area contributed by atoms with Crippen molar-refractivity contribution in [2.45, 2.75) is 38.8 Å². The summed E-state index contributed by atoms with van der Waals surface area (Å²) in [7, 11) is 1.81. The van der Waals surface area contributed by atoms with E-state index in [0.29, 0.717) is 5.56 Å². The number of nitrogens with zero attached hydrogens (tertiary/aromatic N) is 1. The molecule has 21 heavy (non-hydrogen) atoms. The molecule has 2 rings (SSSR count). The van der Waals surface area contributed by atoms with Gasteiger partial charge in [0.05, 0.1) is 0 Å². The first-order valence-electron chi connectivity index (χ1n) is 7.20. The number of benzene rings is 1. The highest BCUT2D eigenvalue weighted by Crippen LogP contribution is 2.17. The molecule has 2 N–H and O–H groups in total. The monoisotopic (exact) mass is 289 g/mol. The first kappa shape index (κ1) is 15.4. The van der Waals surface area contributed by atoms with Gasteiger partial charge in [-0.15, -0.1) is 0 Å². The van der Waals surface area contributed by atoms with Crippen molar-refractivity contribution in [3.63, 3.8) is 0 Å². The molecule has 0 saturated carbocycles. The number of carbonyl (C=O) groups is 2. The van der Waals surface area contributed by atoms with Gasteiger partial charge in [0.1, 0.15) is 6.04 Å². The minimum absolute atomic E-state index is 0.0919. The zero-order valence-corrected chi connectivity index (χ0v) is 13.1. The van der Waals surface area contributed by atoms with Crippen molar-refractivity contribution in [1.29, 1.82) is 0 Å². The summed E-state index contributed by atoms with van der Waals surface area (Å²) in [6.07, 6.45) is 0.807. The van der Waals surface area contributed by atoms with Gasteiger partial charge in [-0.1, -0.05) is 0 Å². The van der Waals surface area contributed by atoms with Crippen LogP contribution in [0.25, 0.3) is 0 Å². The van der Waals surface area contributed by atoms with Crippen molar-refractivity contribution in [3.05, 3.63) is 29.8 Å². The molecule has 1 heterocycles. The number of nitrogens with one attached hydrogen (secondary N) is 2. The number of hydrogen-bond acceptors (Lipinski definition) is 3. The summed E-state index contributed by atoms with van der Waals surface area (Å²) in [6.45, 7) is 6.62. The fraction of sp³-hybridized carbons (Fsp3) is 0.500. The minimum Gasteiger partial charge on any atom is -0.374 e. The van der Waals surface area contributed by atoms with Gasteiger partial charge in [-0.2, -0.15) is 0 Å². The molecule has 0 unspecified atom stereocenters. The fourth-order valence-corrected chi connectivity index (χ4v) is 2.29. The highest BCUT2D eigenvalue weighted by Gasteiger charge is 2.28. The number of rotatable bonds is 3. The van der Waals surface area contributed by atoms with Gasteiger partial charge in [-0.3, -0.25) is 9.59 Å². The third-order valence-electron chi connectivity index (χ3n) is 3.40. The molecule has 1 aliphatic rings. The fourth-order valence-electron chi connectivity index (χ4n) is 2.29. The lowest BCUT2D eigenvalue weighted by Crippen LogP contribution is -2.40. The zero-order chi connectivity index (χ0) is 15.6. The van der Waals surface area contributed by atoms with E-state index in [9.17, 15) is 9.59 Å². The summed E-state index contributed by atoms with van der Waals surface area (Å²) in [4.78, 5) is 25.6. The van der Waals surface area contributed by atoms with E-state index in [1.807, 2.05) is 40.0 Å². The molecule has 0 bridgehead atoms. The summed E-state index contributed by atoms with van der Waals surface area (Å²) in [5.74, 6) is 0.0234. The Hall–Kier alpha value is -2.04. The van der Waals surface area contributed by atoms with Gasteiger partial charge >= 0.3 is 0 Å². The number of hydrogen-bond donors (Lipinski definition) is 2. The Morgan fingerprint density at radius 1 is 1.24 bits per heavy atom. The smallest absolute Gasteiger partial charge is 0.251 e. The van der Waals surface area contributed by atoms with Crippen molar-refractivity contribution < 1.29 is 9.59 Å². The van der Waals surface area contributed by atoms with Gasteiger partial charge in [0.2, 0.25) is 5.91 Å². The van der Waals surface area contributed by atoms with Crippen molar-refractivity contribution in [2.24, 2.45) is 0 Å². The maximum Gasteiger partial charge on any atom is 0.251 e. The second-order valence-corrected chi connectivity index (χ2v) is 6.53. The Balaban J connectivity index is 1.99. The van der Waals surface area contributed by atoms with Crippen LogP contribution in [0.5, 0.6) is 0 Å². The highest BCUT2D eigenvalue weighted by molar-refractivity contribution is 5.95. The summed E-state index contributed by atoms with van der Waals surface area (Å²) in [5.41, 5.74) is 1.22. The Morgan fingerprint density at radius 3 is 2.33 bits per heavy atom. The number of likely N-dealkylation sites (tertiary alicyclic amines) is 1. The lowest BCUT2D eigenvalue weighted by molar-refractivity contribution is -0.127. The van der Waals surface area contributed by atoms with Gasteiger partial charge in [-0.05, 0) is 51.5 Å². The van der Waals surface area contributed by atoms with Crippen LogP contribution in [0.1, 0.15) is 37.6 Å². The molecule has 1 aromatic carbocycles. The summed E-state index contributed by atoms with van der Waals surface area (Å²) >= 11 is 0. The predicted molar refractivity (Wildman–Crippen MR) is 83.3 cm³/mol. The molecule has 5 heteroatoms. The number of amides is 2. The van der Waals surface area contributed by atoms with Crippen molar-refractivity contribution in [2.75, 3.05) is 18.9 Å². The molecule has 1 saturated heterocycles. The first-order valence-corrected chi connectivity index (χ1v) is 7.20. The van der Waals surface area contributed by atoms with E-state index in [0.717, 1.165) is 18.7 Å². The standard InChI is InChI=1S/C16H23N3O2/c1-16(2,3)18-14(20)11-5-7-12(8-6-11)17-13-9-10-19(4)15(13)21/h5-8,13,17H,9-10H2,1-4H3,(H,18,20)/t13-/m0/s1. The van der Waals surface area contributed by atoms with E-state index >= 15 is 0 Å². The third kappa shape index (κ3) is 3.97. The lowest BCUT2D eigenvalue weighted by Gasteiger charge is -2.20. The molecular formula is C16H23N3O2. The highest BCUT2D eigenvalue weighted by atomic mass is 16.2. The molecule has 2 amide bonds.